The Morgan fingerprint density at radius 1 is 1.33 bits per heavy atom. The highest BCUT2D eigenvalue weighted by Gasteiger charge is 2.25. The second kappa shape index (κ2) is 5.61. The van der Waals surface area contributed by atoms with Crippen molar-refractivity contribution < 1.29 is 18.7 Å². The normalized spacial score (nSPS) is 11.1. The molecule has 0 spiro atoms. The monoisotopic (exact) mass is 331 g/mol. The molecule has 0 amide bonds. The number of anilines is 1. The van der Waals surface area contributed by atoms with Crippen LogP contribution >= 0.6 is 22.9 Å². The molecule has 2 rings (SSSR count). The van der Waals surface area contributed by atoms with Crippen LogP contribution in [0.15, 0.2) is 12.1 Å². The number of thiophene rings is 1. The lowest BCUT2D eigenvalue weighted by Gasteiger charge is -2.10. The highest BCUT2D eigenvalue weighted by molar-refractivity contribution is 7.18. The molecule has 0 fully saturated rings. The van der Waals surface area contributed by atoms with E-state index in [-0.39, 0.29) is 27.1 Å². The first-order valence-corrected chi connectivity index (χ1v) is 7.23. The number of carboxylic acids is 1. The Bertz CT molecular complexity index is 728. The Balaban J connectivity index is 2.77. The van der Waals surface area contributed by atoms with Crippen molar-refractivity contribution in [1.29, 1.82) is 0 Å². The molecule has 7 heteroatoms. The summed E-state index contributed by atoms with van der Waals surface area (Å²) in [6, 6.07) is 1.83. The van der Waals surface area contributed by atoms with E-state index in [0.717, 1.165) is 23.5 Å². The quantitative estimate of drug-likeness (QED) is 0.798. The Morgan fingerprint density at radius 2 is 1.95 bits per heavy atom. The average Bonchev–Trinajstić information content (AvgIpc) is 2.71. The SMILES string of the molecule is CC(C)c1c(-c2cc(F)c(Cl)cc2F)sc(C(=O)O)c1N. The fourth-order valence-electron chi connectivity index (χ4n) is 2.09. The van der Waals surface area contributed by atoms with Gasteiger partial charge in [-0.15, -0.1) is 11.3 Å². The third-order valence-corrected chi connectivity index (χ3v) is 4.54. The van der Waals surface area contributed by atoms with Crippen molar-refractivity contribution in [3.05, 3.63) is 39.2 Å². The number of halogens is 3. The minimum Gasteiger partial charge on any atom is -0.477 e. The molecule has 0 aliphatic heterocycles. The van der Waals surface area contributed by atoms with E-state index in [9.17, 15) is 13.6 Å². The summed E-state index contributed by atoms with van der Waals surface area (Å²) in [5.41, 5.74) is 6.40. The third-order valence-electron chi connectivity index (χ3n) is 3.01. The number of nitrogens with two attached hydrogens (primary N) is 1. The van der Waals surface area contributed by atoms with Crippen LogP contribution in [0.3, 0.4) is 0 Å². The van der Waals surface area contributed by atoms with Crippen LogP contribution in [0.5, 0.6) is 0 Å². The summed E-state index contributed by atoms with van der Waals surface area (Å²) < 4.78 is 27.7. The molecular weight excluding hydrogens is 320 g/mol. The maximum Gasteiger partial charge on any atom is 0.348 e. The fourth-order valence-corrected chi connectivity index (χ4v) is 3.47. The van der Waals surface area contributed by atoms with Gasteiger partial charge in [0, 0.05) is 10.4 Å². The van der Waals surface area contributed by atoms with Gasteiger partial charge in [-0.25, -0.2) is 13.6 Å². The number of nitrogen functional groups attached to an aromatic ring is 1. The van der Waals surface area contributed by atoms with Crippen LogP contribution in [0, 0.1) is 11.6 Å². The minimum atomic E-state index is -1.19. The van der Waals surface area contributed by atoms with Gasteiger partial charge in [-0.2, -0.15) is 0 Å². The molecule has 0 aliphatic carbocycles. The van der Waals surface area contributed by atoms with E-state index >= 15 is 0 Å². The Kier molecular flexibility index (Phi) is 4.20. The van der Waals surface area contributed by atoms with E-state index in [1.165, 1.54) is 0 Å². The number of rotatable bonds is 3. The van der Waals surface area contributed by atoms with Crippen LogP contribution in [0.4, 0.5) is 14.5 Å². The molecule has 0 unspecified atom stereocenters. The summed E-state index contributed by atoms with van der Waals surface area (Å²) in [6.45, 7) is 3.61. The first kappa shape index (κ1) is 15.7. The lowest BCUT2D eigenvalue weighted by molar-refractivity contribution is 0.0703. The van der Waals surface area contributed by atoms with Crippen molar-refractivity contribution in [2.24, 2.45) is 0 Å². The standard InChI is InChI=1S/C14H12ClF2NO2S/c1-5(2)10-11(18)13(14(19)20)21-12(10)6-3-9(17)7(15)4-8(6)16/h3-5H,18H2,1-2H3,(H,19,20). The molecule has 21 heavy (non-hydrogen) atoms. The number of benzene rings is 1. The highest BCUT2D eigenvalue weighted by atomic mass is 35.5. The van der Waals surface area contributed by atoms with Crippen LogP contribution < -0.4 is 5.73 Å². The van der Waals surface area contributed by atoms with Crippen LogP contribution in [0.1, 0.15) is 35.0 Å². The molecular formula is C14H12ClF2NO2S. The van der Waals surface area contributed by atoms with Gasteiger partial charge in [0.15, 0.2) is 0 Å². The van der Waals surface area contributed by atoms with E-state index in [2.05, 4.69) is 0 Å². The molecule has 0 aliphatic rings. The van der Waals surface area contributed by atoms with Gasteiger partial charge < -0.3 is 10.8 Å². The molecule has 0 radical (unpaired) electrons. The Hall–Kier alpha value is -1.66. The van der Waals surface area contributed by atoms with Gasteiger partial charge in [-0.05, 0) is 23.6 Å². The molecule has 1 heterocycles. The molecule has 1 aromatic heterocycles. The van der Waals surface area contributed by atoms with Gasteiger partial charge >= 0.3 is 5.97 Å². The van der Waals surface area contributed by atoms with Crippen molar-refractivity contribution in [2.45, 2.75) is 19.8 Å². The summed E-state index contributed by atoms with van der Waals surface area (Å²) in [5, 5.41) is 8.81. The number of hydrogen-bond acceptors (Lipinski definition) is 3. The summed E-state index contributed by atoms with van der Waals surface area (Å²) >= 11 is 6.36. The van der Waals surface area contributed by atoms with Gasteiger partial charge in [-0.1, -0.05) is 25.4 Å². The van der Waals surface area contributed by atoms with Crippen LogP contribution in [-0.2, 0) is 0 Å². The third kappa shape index (κ3) is 2.73. The Morgan fingerprint density at radius 3 is 2.48 bits per heavy atom. The van der Waals surface area contributed by atoms with Crippen LogP contribution in [0.2, 0.25) is 5.02 Å². The first-order valence-electron chi connectivity index (χ1n) is 6.04. The van der Waals surface area contributed by atoms with Crippen molar-refractivity contribution in [3.8, 4) is 10.4 Å². The van der Waals surface area contributed by atoms with Gasteiger partial charge in [-0.3, -0.25) is 0 Å². The predicted octanol–water partition coefficient (Wildman–Crippen LogP) is 4.75. The zero-order valence-corrected chi connectivity index (χ0v) is 12.8. The van der Waals surface area contributed by atoms with Crippen LogP contribution in [-0.4, -0.2) is 11.1 Å². The van der Waals surface area contributed by atoms with Crippen molar-refractivity contribution in [3.63, 3.8) is 0 Å². The predicted molar refractivity (Wildman–Crippen MR) is 80.1 cm³/mol. The van der Waals surface area contributed by atoms with Crippen LogP contribution in [0.25, 0.3) is 10.4 Å². The lowest BCUT2D eigenvalue weighted by Crippen LogP contribution is -2.01. The average molecular weight is 332 g/mol. The first-order chi connectivity index (χ1) is 9.73. The maximum absolute atomic E-state index is 14.1. The smallest absolute Gasteiger partial charge is 0.348 e. The highest BCUT2D eigenvalue weighted by Crippen LogP contribution is 2.44. The molecule has 3 N–H and O–H groups in total. The second-order valence-electron chi connectivity index (χ2n) is 4.79. The van der Waals surface area contributed by atoms with E-state index in [1.807, 2.05) is 0 Å². The zero-order valence-electron chi connectivity index (χ0n) is 11.2. The molecule has 1 aromatic carbocycles. The fraction of sp³-hybridized carbons (Fsp3) is 0.214. The molecule has 112 valence electrons. The summed E-state index contributed by atoms with van der Waals surface area (Å²) in [4.78, 5) is 11.4. The zero-order chi connectivity index (χ0) is 15.9. The number of carboxylic acid groups (broad SMARTS) is 1. The Labute approximate surface area is 129 Å². The van der Waals surface area contributed by atoms with E-state index in [0.29, 0.717) is 10.4 Å². The van der Waals surface area contributed by atoms with E-state index in [4.69, 9.17) is 22.4 Å². The summed E-state index contributed by atoms with van der Waals surface area (Å²) in [5.74, 6) is -2.82. The molecule has 2 aromatic rings. The minimum absolute atomic E-state index is 0.0372. The summed E-state index contributed by atoms with van der Waals surface area (Å²) in [6.07, 6.45) is 0. The largest absolute Gasteiger partial charge is 0.477 e. The van der Waals surface area contributed by atoms with Crippen molar-refractivity contribution in [2.75, 3.05) is 5.73 Å². The lowest BCUT2D eigenvalue weighted by atomic mass is 9.98. The van der Waals surface area contributed by atoms with Crippen molar-refractivity contribution >= 4 is 34.6 Å². The second-order valence-corrected chi connectivity index (χ2v) is 6.22. The van der Waals surface area contributed by atoms with E-state index < -0.39 is 17.6 Å². The molecule has 0 saturated heterocycles. The van der Waals surface area contributed by atoms with Gasteiger partial charge in [0.1, 0.15) is 16.5 Å². The molecule has 0 saturated carbocycles. The topological polar surface area (TPSA) is 63.3 Å². The molecule has 0 bridgehead atoms. The number of carbonyl (C=O) groups is 1. The van der Waals surface area contributed by atoms with Gasteiger partial charge in [0.2, 0.25) is 0 Å². The number of aromatic carboxylic acids is 1. The molecule has 3 nitrogen and oxygen atoms in total. The maximum atomic E-state index is 14.1. The summed E-state index contributed by atoms with van der Waals surface area (Å²) in [7, 11) is 0. The van der Waals surface area contributed by atoms with Gasteiger partial charge in [0.25, 0.3) is 0 Å². The molecule has 0 atom stereocenters. The van der Waals surface area contributed by atoms with Gasteiger partial charge in [0.05, 0.1) is 10.7 Å². The van der Waals surface area contributed by atoms with E-state index in [1.54, 1.807) is 13.8 Å². The number of hydrogen-bond donors (Lipinski definition) is 2. The van der Waals surface area contributed by atoms with Crippen molar-refractivity contribution in [1.82, 2.24) is 0 Å².